The Morgan fingerprint density at radius 1 is 1.20 bits per heavy atom. The molecule has 4 nitrogen and oxygen atoms in total. The molecule has 1 aromatic rings. The molecule has 1 atom stereocenters. The molecule has 0 saturated heterocycles. The lowest BCUT2D eigenvalue weighted by molar-refractivity contribution is -0.121. The van der Waals surface area contributed by atoms with Crippen LogP contribution in [0.3, 0.4) is 0 Å². The molecule has 1 rings (SSSR count). The lowest BCUT2D eigenvalue weighted by atomic mass is 10.0. The van der Waals surface area contributed by atoms with Gasteiger partial charge >= 0.3 is 0 Å². The van der Waals surface area contributed by atoms with E-state index in [1.807, 2.05) is 32.9 Å². The molecule has 0 fully saturated rings. The molecule has 110 valence electrons. The summed E-state index contributed by atoms with van der Waals surface area (Å²) < 4.78 is 0. The number of hydrogen-bond acceptors (Lipinski definition) is 3. The molecule has 0 radical (unpaired) electrons. The van der Waals surface area contributed by atoms with Crippen LogP contribution in [-0.4, -0.2) is 29.4 Å². The number of amides is 1. The SMILES string of the molecule is Cc1ccc(C(=O)CCC(=O)NC(C)CCO)cc1C. The van der Waals surface area contributed by atoms with Gasteiger partial charge in [0, 0.05) is 31.1 Å². The van der Waals surface area contributed by atoms with E-state index in [2.05, 4.69) is 5.32 Å². The minimum absolute atomic E-state index is 0.0157. The zero-order valence-corrected chi connectivity index (χ0v) is 12.4. The van der Waals surface area contributed by atoms with Gasteiger partial charge in [-0.2, -0.15) is 0 Å². The van der Waals surface area contributed by atoms with Gasteiger partial charge in [0.05, 0.1) is 0 Å². The van der Waals surface area contributed by atoms with Gasteiger partial charge in [0.2, 0.25) is 5.91 Å². The average Bonchev–Trinajstić information content (AvgIpc) is 2.39. The molecule has 1 aromatic carbocycles. The van der Waals surface area contributed by atoms with Crippen molar-refractivity contribution in [2.45, 2.75) is 46.1 Å². The first-order valence-corrected chi connectivity index (χ1v) is 6.94. The summed E-state index contributed by atoms with van der Waals surface area (Å²) >= 11 is 0. The molecule has 1 unspecified atom stereocenters. The van der Waals surface area contributed by atoms with Crippen LogP contribution in [-0.2, 0) is 4.79 Å². The van der Waals surface area contributed by atoms with Crippen molar-refractivity contribution in [1.29, 1.82) is 0 Å². The minimum Gasteiger partial charge on any atom is -0.396 e. The summed E-state index contributed by atoms with van der Waals surface area (Å²) in [5.41, 5.74) is 2.89. The van der Waals surface area contributed by atoms with E-state index < -0.39 is 0 Å². The van der Waals surface area contributed by atoms with Crippen LogP contribution < -0.4 is 5.32 Å². The molecule has 0 spiro atoms. The van der Waals surface area contributed by atoms with E-state index in [9.17, 15) is 9.59 Å². The fraction of sp³-hybridized carbons (Fsp3) is 0.500. The van der Waals surface area contributed by atoms with Crippen LogP contribution >= 0.6 is 0 Å². The van der Waals surface area contributed by atoms with Gasteiger partial charge in [0.25, 0.3) is 0 Å². The Morgan fingerprint density at radius 3 is 2.50 bits per heavy atom. The van der Waals surface area contributed by atoms with Crippen molar-refractivity contribution in [2.24, 2.45) is 0 Å². The molecule has 0 heterocycles. The van der Waals surface area contributed by atoms with Gasteiger partial charge in [-0.1, -0.05) is 12.1 Å². The largest absolute Gasteiger partial charge is 0.396 e. The molecule has 0 aliphatic carbocycles. The number of rotatable bonds is 7. The fourth-order valence-corrected chi connectivity index (χ4v) is 1.90. The summed E-state index contributed by atoms with van der Waals surface area (Å²) in [6.07, 6.45) is 0.915. The number of carbonyl (C=O) groups excluding carboxylic acids is 2. The molecule has 20 heavy (non-hydrogen) atoms. The van der Waals surface area contributed by atoms with Gasteiger partial charge in [0.15, 0.2) is 5.78 Å². The third-order valence-electron chi connectivity index (χ3n) is 3.38. The number of aryl methyl sites for hydroxylation is 2. The minimum atomic E-state index is -0.150. The van der Waals surface area contributed by atoms with Crippen molar-refractivity contribution in [3.05, 3.63) is 34.9 Å². The Balaban J connectivity index is 2.46. The molecule has 0 bridgehead atoms. The van der Waals surface area contributed by atoms with Gasteiger partial charge in [0.1, 0.15) is 0 Å². The predicted octanol–water partition coefficient (Wildman–Crippen LogP) is 2.15. The standard InChI is InChI=1S/C16H23NO3/c1-11-4-5-14(10-12(11)2)15(19)6-7-16(20)17-13(3)8-9-18/h4-5,10,13,18H,6-9H2,1-3H3,(H,17,20). The van der Waals surface area contributed by atoms with E-state index >= 15 is 0 Å². The second kappa shape index (κ2) is 7.80. The second-order valence-electron chi connectivity index (χ2n) is 5.20. The maximum absolute atomic E-state index is 12.0. The molecule has 2 N–H and O–H groups in total. The number of hydrogen-bond donors (Lipinski definition) is 2. The van der Waals surface area contributed by atoms with Crippen LogP contribution in [0.5, 0.6) is 0 Å². The number of Topliss-reactive ketones (excluding diaryl/α,β-unsaturated/α-hetero) is 1. The molecule has 4 heteroatoms. The van der Waals surface area contributed by atoms with Gasteiger partial charge in [-0.25, -0.2) is 0 Å². The van der Waals surface area contributed by atoms with Crippen molar-refractivity contribution >= 4 is 11.7 Å². The van der Waals surface area contributed by atoms with Crippen LogP contribution in [0.4, 0.5) is 0 Å². The molecule has 0 aromatic heterocycles. The Labute approximate surface area is 120 Å². The van der Waals surface area contributed by atoms with Crippen LogP contribution in [0.25, 0.3) is 0 Å². The molecule has 0 aliphatic heterocycles. The highest BCUT2D eigenvalue weighted by atomic mass is 16.3. The zero-order valence-electron chi connectivity index (χ0n) is 12.4. The van der Waals surface area contributed by atoms with E-state index in [0.29, 0.717) is 12.0 Å². The van der Waals surface area contributed by atoms with Crippen LogP contribution in [0.2, 0.25) is 0 Å². The number of nitrogens with one attached hydrogen (secondary N) is 1. The zero-order chi connectivity index (χ0) is 15.1. The second-order valence-corrected chi connectivity index (χ2v) is 5.20. The quantitative estimate of drug-likeness (QED) is 0.750. The highest BCUT2D eigenvalue weighted by Gasteiger charge is 2.11. The van der Waals surface area contributed by atoms with Gasteiger partial charge in [-0.05, 0) is 44.4 Å². The van der Waals surface area contributed by atoms with Crippen LogP contribution in [0, 0.1) is 13.8 Å². The first-order valence-electron chi connectivity index (χ1n) is 6.94. The Kier molecular flexibility index (Phi) is 6.39. The van der Waals surface area contributed by atoms with E-state index in [1.54, 1.807) is 6.07 Å². The summed E-state index contributed by atoms with van der Waals surface area (Å²) in [4.78, 5) is 23.6. The monoisotopic (exact) mass is 277 g/mol. The predicted molar refractivity (Wildman–Crippen MR) is 78.8 cm³/mol. The summed E-state index contributed by atoms with van der Waals surface area (Å²) in [5.74, 6) is -0.166. The van der Waals surface area contributed by atoms with Gasteiger partial charge < -0.3 is 10.4 Å². The van der Waals surface area contributed by atoms with Crippen molar-refractivity contribution in [1.82, 2.24) is 5.32 Å². The highest BCUT2D eigenvalue weighted by molar-refractivity contribution is 5.98. The third-order valence-corrected chi connectivity index (χ3v) is 3.38. The number of carbonyl (C=O) groups is 2. The number of ketones is 1. The maximum Gasteiger partial charge on any atom is 0.220 e. The molecular formula is C16H23NO3. The lowest BCUT2D eigenvalue weighted by Crippen LogP contribution is -2.33. The van der Waals surface area contributed by atoms with Crippen molar-refractivity contribution in [2.75, 3.05) is 6.61 Å². The lowest BCUT2D eigenvalue weighted by Gasteiger charge is -2.12. The van der Waals surface area contributed by atoms with E-state index in [1.165, 1.54) is 0 Å². The molecule has 1 amide bonds. The third kappa shape index (κ3) is 5.13. The Morgan fingerprint density at radius 2 is 1.90 bits per heavy atom. The van der Waals surface area contributed by atoms with E-state index in [4.69, 9.17) is 5.11 Å². The van der Waals surface area contributed by atoms with Crippen molar-refractivity contribution in [3.8, 4) is 0 Å². The smallest absolute Gasteiger partial charge is 0.220 e. The van der Waals surface area contributed by atoms with E-state index in [-0.39, 0.29) is 37.2 Å². The van der Waals surface area contributed by atoms with Crippen LogP contribution in [0.15, 0.2) is 18.2 Å². The molecular weight excluding hydrogens is 254 g/mol. The summed E-state index contributed by atoms with van der Waals surface area (Å²) in [5, 5.41) is 11.5. The summed E-state index contributed by atoms with van der Waals surface area (Å²) in [6, 6.07) is 5.52. The van der Waals surface area contributed by atoms with E-state index in [0.717, 1.165) is 11.1 Å². The average molecular weight is 277 g/mol. The number of aliphatic hydroxyl groups is 1. The highest BCUT2D eigenvalue weighted by Crippen LogP contribution is 2.12. The Bertz CT molecular complexity index is 483. The summed E-state index contributed by atoms with van der Waals surface area (Å²) in [7, 11) is 0. The normalized spacial score (nSPS) is 12.0. The van der Waals surface area contributed by atoms with Gasteiger partial charge in [-0.3, -0.25) is 9.59 Å². The Hall–Kier alpha value is -1.68. The first kappa shape index (κ1) is 16.4. The van der Waals surface area contributed by atoms with Crippen molar-refractivity contribution in [3.63, 3.8) is 0 Å². The summed E-state index contributed by atoms with van der Waals surface area (Å²) in [6.45, 7) is 5.84. The van der Waals surface area contributed by atoms with Crippen LogP contribution in [0.1, 0.15) is 47.7 Å². The fourth-order valence-electron chi connectivity index (χ4n) is 1.90. The molecule has 0 saturated carbocycles. The molecule has 0 aliphatic rings. The number of aliphatic hydroxyl groups excluding tert-OH is 1. The topological polar surface area (TPSA) is 66.4 Å². The number of benzene rings is 1. The first-order chi connectivity index (χ1) is 9.43. The van der Waals surface area contributed by atoms with Gasteiger partial charge in [-0.15, -0.1) is 0 Å². The maximum atomic E-state index is 12.0. The van der Waals surface area contributed by atoms with Crippen molar-refractivity contribution < 1.29 is 14.7 Å².